The number of fused-ring (bicyclic) bond motifs is 1. The Morgan fingerprint density at radius 1 is 1.44 bits per heavy atom. The number of alkyl halides is 3. The summed E-state index contributed by atoms with van der Waals surface area (Å²) in [6.45, 7) is 0.494. The van der Waals surface area contributed by atoms with Gasteiger partial charge in [-0.1, -0.05) is 0 Å². The molecule has 1 aliphatic heterocycles. The Labute approximate surface area is 222 Å². The normalized spacial score (nSPS) is 22.4. The zero-order valence-corrected chi connectivity index (χ0v) is 23.5. The van der Waals surface area contributed by atoms with Crippen molar-refractivity contribution in [1.82, 2.24) is 14.5 Å². The molecule has 1 saturated heterocycles. The van der Waals surface area contributed by atoms with Crippen LogP contribution < -0.4 is 5.69 Å². The van der Waals surface area contributed by atoms with E-state index in [0.717, 1.165) is 17.7 Å². The van der Waals surface area contributed by atoms with Gasteiger partial charge in [0.2, 0.25) is 0 Å². The van der Waals surface area contributed by atoms with Gasteiger partial charge in [0, 0.05) is 106 Å². The summed E-state index contributed by atoms with van der Waals surface area (Å²) in [7, 11) is 0. The van der Waals surface area contributed by atoms with E-state index in [1.165, 1.54) is 0 Å². The van der Waals surface area contributed by atoms with E-state index in [9.17, 15) is 27.9 Å². The molecular weight excluding hydrogens is 801 g/mol. The number of hydrogen-bond acceptors (Lipinski definition) is 6. The SMILES string of the molecule is CC(=O)c1c(C(F)(F)F)[nH]c2nc(=O)n(C3CC(O)C(CO)O3)cc12.[Ac].[Ac]. The van der Waals surface area contributed by atoms with E-state index in [-0.39, 0.29) is 106 Å². The minimum atomic E-state index is -4.82. The van der Waals surface area contributed by atoms with Gasteiger partial charge < -0.3 is 19.9 Å². The number of Topliss-reactive ketones (excluding diaryl/α,β-unsaturated/α-hetero) is 1. The summed E-state index contributed by atoms with van der Waals surface area (Å²) < 4.78 is 45.6. The summed E-state index contributed by atoms with van der Waals surface area (Å²) in [6, 6.07) is 0. The van der Waals surface area contributed by atoms with Crippen LogP contribution in [0.2, 0.25) is 0 Å². The van der Waals surface area contributed by atoms with E-state index in [4.69, 9.17) is 9.84 Å². The molecule has 3 N–H and O–H groups in total. The van der Waals surface area contributed by atoms with Crippen LogP contribution in [0.5, 0.6) is 0 Å². The molecule has 13 heteroatoms. The van der Waals surface area contributed by atoms with Crippen molar-refractivity contribution < 1.29 is 121 Å². The predicted molar refractivity (Wildman–Crippen MR) is 77.0 cm³/mol. The second kappa shape index (κ2) is 9.63. The predicted octanol–water partition coefficient (Wildman–Crippen LogP) is 0.587. The Hall–Kier alpha value is 0.643. The quantitative estimate of drug-likeness (QED) is 0.391. The number of aromatic nitrogens is 3. The maximum absolute atomic E-state index is 13.1. The minimum absolute atomic E-state index is 0. The standard InChI is InChI=1S/C14H14F3N3O5.2Ac/c1-5(22)10-6-3-20(9-2-7(23)8(4-21)25-9)13(24)19-12(6)18-11(10)14(15,16)17;;/h3,7-9,21,23H,2,4H2,1H3,(H,18,19,24);;. The van der Waals surface area contributed by atoms with E-state index >= 15 is 0 Å². The van der Waals surface area contributed by atoms with Crippen molar-refractivity contribution in [3.63, 3.8) is 0 Å². The maximum atomic E-state index is 13.1. The third kappa shape index (κ3) is 5.04. The van der Waals surface area contributed by atoms with Crippen LogP contribution in [0.1, 0.15) is 35.6 Å². The number of aliphatic hydroxyl groups is 2. The molecule has 1 fully saturated rings. The van der Waals surface area contributed by atoms with E-state index in [1.54, 1.807) is 0 Å². The van der Waals surface area contributed by atoms with E-state index in [1.807, 2.05) is 4.98 Å². The molecule has 2 aromatic heterocycles. The average molecular weight is 815 g/mol. The molecule has 3 unspecified atom stereocenters. The molecule has 0 spiro atoms. The molecule has 0 aromatic carbocycles. The summed E-state index contributed by atoms with van der Waals surface area (Å²) >= 11 is 0. The molecule has 2 radical (unpaired) electrons. The third-order valence-electron chi connectivity index (χ3n) is 4.04. The molecule has 0 bridgehead atoms. The second-order valence-electron chi connectivity index (χ2n) is 5.74. The van der Waals surface area contributed by atoms with Crippen LogP contribution >= 0.6 is 0 Å². The number of ketones is 1. The van der Waals surface area contributed by atoms with Crippen LogP contribution in [0, 0.1) is 88.1 Å². The van der Waals surface area contributed by atoms with Gasteiger partial charge in [-0.3, -0.25) is 9.36 Å². The van der Waals surface area contributed by atoms with Crippen molar-refractivity contribution >= 4 is 16.8 Å². The first-order valence-corrected chi connectivity index (χ1v) is 7.30. The Bertz CT molecular complexity index is 898. The Morgan fingerprint density at radius 2 is 2.07 bits per heavy atom. The number of nitrogens with zero attached hydrogens (tertiary/aromatic N) is 2. The van der Waals surface area contributed by atoms with Gasteiger partial charge in [-0.25, -0.2) is 4.79 Å². The molecule has 0 amide bonds. The number of H-pyrrole nitrogens is 1. The molecule has 142 valence electrons. The van der Waals surface area contributed by atoms with Crippen molar-refractivity contribution in [3.05, 3.63) is 27.9 Å². The van der Waals surface area contributed by atoms with E-state index < -0.39 is 53.9 Å². The molecule has 0 saturated carbocycles. The molecule has 3 heterocycles. The van der Waals surface area contributed by atoms with Crippen molar-refractivity contribution in [2.75, 3.05) is 6.61 Å². The summed E-state index contributed by atoms with van der Waals surface area (Å²) in [6.07, 6.45) is -6.80. The first-order valence-electron chi connectivity index (χ1n) is 7.30. The fourth-order valence-electron chi connectivity index (χ4n) is 2.90. The van der Waals surface area contributed by atoms with E-state index in [0.29, 0.717) is 0 Å². The third-order valence-corrected chi connectivity index (χ3v) is 4.04. The Kier molecular flexibility index (Phi) is 9.16. The summed E-state index contributed by atoms with van der Waals surface area (Å²) in [5.41, 5.74) is -3.18. The molecule has 8 nitrogen and oxygen atoms in total. The van der Waals surface area contributed by atoms with Gasteiger partial charge in [-0.05, 0) is 6.92 Å². The number of rotatable bonds is 3. The van der Waals surface area contributed by atoms with Crippen LogP contribution in [-0.4, -0.2) is 49.3 Å². The Balaban J connectivity index is 0.00000182. The molecular formula is C14H14Ac2F3N3O5. The molecule has 27 heavy (non-hydrogen) atoms. The summed E-state index contributed by atoms with van der Waals surface area (Å²) in [4.78, 5) is 29.3. The average Bonchev–Trinajstić information content (AvgIpc) is 3.05. The number of ether oxygens (including phenoxy) is 1. The van der Waals surface area contributed by atoms with Gasteiger partial charge in [0.1, 0.15) is 23.7 Å². The molecule has 2 aromatic rings. The molecule has 1 aliphatic rings. The van der Waals surface area contributed by atoms with Crippen molar-refractivity contribution in [1.29, 1.82) is 0 Å². The monoisotopic (exact) mass is 815 g/mol. The first-order chi connectivity index (χ1) is 11.6. The zero-order chi connectivity index (χ0) is 18.5. The van der Waals surface area contributed by atoms with Gasteiger partial charge in [-0.15, -0.1) is 0 Å². The van der Waals surface area contributed by atoms with Crippen molar-refractivity contribution in [2.45, 2.75) is 38.0 Å². The number of nitrogens with one attached hydrogen (secondary N) is 1. The van der Waals surface area contributed by atoms with Crippen LogP contribution in [0.15, 0.2) is 11.0 Å². The first kappa shape index (κ1) is 25.7. The Morgan fingerprint density at radius 3 is 2.56 bits per heavy atom. The molecule has 3 rings (SSSR count). The second-order valence-corrected chi connectivity index (χ2v) is 5.74. The van der Waals surface area contributed by atoms with Gasteiger partial charge in [0.25, 0.3) is 0 Å². The fourth-order valence-corrected chi connectivity index (χ4v) is 2.90. The zero-order valence-electron chi connectivity index (χ0n) is 14.0. The minimum Gasteiger partial charge on any atom is -0.394 e. The van der Waals surface area contributed by atoms with Crippen LogP contribution in [0.3, 0.4) is 0 Å². The fraction of sp³-hybridized carbons (Fsp3) is 0.500. The number of carbonyl (C=O) groups excluding carboxylic acids is 1. The van der Waals surface area contributed by atoms with Gasteiger partial charge >= 0.3 is 11.9 Å². The van der Waals surface area contributed by atoms with Crippen LogP contribution in [0.4, 0.5) is 13.2 Å². The smallest absolute Gasteiger partial charge is 0.394 e. The number of carbonyl (C=O) groups is 1. The van der Waals surface area contributed by atoms with Crippen molar-refractivity contribution in [3.8, 4) is 0 Å². The number of aromatic amines is 1. The number of hydrogen-bond donors (Lipinski definition) is 3. The van der Waals surface area contributed by atoms with Crippen LogP contribution in [0.25, 0.3) is 11.0 Å². The van der Waals surface area contributed by atoms with Crippen LogP contribution in [-0.2, 0) is 10.9 Å². The number of aliphatic hydroxyl groups excluding tert-OH is 2. The van der Waals surface area contributed by atoms with Gasteiger partial charge in [-0.2, -0.15) is 18.2 Å². The summed E-state index contributed by atoms with van der Waals surface area (Å²) in [5, 5.41) is 18.7. The maximum Gasteiger partial charge on any atom is 0.432 e. The summed E-state index contributed by atoms with van der Waals surface area (Å²) in [5.74, 6) is -0.841. The molecule has 0 aliphatic carbocycles. The van der Waals surface area contributed by atoms with Gasteiger partial charge in [0.05, 0.1) is 18.3 Å². The topological polar surface area (TPSA) is 117 Å². The van der Waals surface area contributed by atoms with Crippen molar-refractivity contribution in [2.24, 2.45) is 0 Å². The van der Waals surface area contributed by atoms with E-state index in [2.05, 4.69) is 4.98 Å². The number of halogens is 3. The largest absolute Gasteiger partial charge is 0.432 e. The molecule has 3 atom stereocenters. The van der Waals surface area contributed by atoms with Gasteiger partial charge in [0.15, 0.2) is 5.78 Å².